The van der Waals surface area contributed by atoms with Crippen molar-refractivity contribution < 1.29 is 9.21 Å². The topological polar surface area (TPSA) is 62.1 Å². The van der Waals surface area contributed by atoms with Crippen LogP contribution in [0.1, 0.15) is 24.2 Å². The number of amides is 1. The number of oxazole rings is 1. The third kappa shape index (κ3) is 2.42. The summed E-state index contributed by atoms with van der Waals surface area (Å²) in [5.41, 5.74) is 2.82. The van der Waals surface area contributed by atoms with Gasteiger partial charge in [0.25, 0.3) is 5.91 Å². The first-order valence-corrected chi connectivity index (χ1v) is 7.06. The number of fused-ring (bicyclic) bond motifs is 1. The fourth-order valence-corrected chi connectivity index (χ4v) is 2.33. The standard InChI is InChI=1S/C16H17N3O2/c1-3-19(4-2)16(20)11-7-8-12-14(10-11)21-15(18-12)13-6-5-9-17-13/h5-10,17H,3-4H2,1-2H3. The number of H-pyrrole nitrogens is 1. The van der Waals surface area contributed by atoms with Crippen molar-refractivity contribution in [3.8, 4) is 11.6 Å². The van der Waals surface area contributed by atoms with E-state index in [4.69, 9.17) is 4.42 Å². The lowest BCUT2D eigenvalue weighted by molar-refractivity contribution is 0.0773. The van der Waals surface area contributed by atoms with E-state index >= 15 is 0 Å². The molecule has 0 saturated heterocycles. The van der Waals surface area contributed by atoms with E-state index in [0.29, 0.717) is 30.1 Å². The quantitative estimate of drug-likeness (QED) is 0.799. The molecule has 1 amide bonds. The molecule has 0 spiro atoms. The largest absolute Gasteiger partial charge is 0.435 e. The predicted octanol–water partition coefficient (Wildman–Crippen LogP) is 3.30. The van der Waals surface area contributed by atoms with Crippen LogP contribution in [0.15, 0.2) is 40.9 Å². The first-order valence-electron chi connectivity index (χ1n) is 7.06. The van der Waals surface area contributed by atoms with Gasteiger partial charge in [0, 0.05) is 24.8 Å². The minimum Gasteiger partial charge on any atom is -0.435 e. The highest BCUT2D eigenvalue weighted by molar-refractivity contribution is 5.97. The highest BCUT2D eigenvalue weighted by Gasteiger charge is 2.15. The van der Waals surface area contributed by atoms with Crippen LogP contribution in [-0.2, 0) is 0 Å². The molecular formula is C16H17N3O2. The first-order chi connectivity index (χ1) is 10.2. The van der Waals surface area contributed by atoms with E-state index in [1.165, 1.54) is 0 Å². The molecule has 0 aliphatic carbocycles. The fraction of sp³-hybridized carbons (Fsp3) is 0.250. The predicted molar refractivity (Wildman–Crippen MR) is 81.0 cm³/mol. The lowest BCUT2D eigenvalue weighted by atomic mass is 10.2. The van der Waals surface area contributed by atoms with E-state index in [9.17, 15) is 4.79 Å². The van der Waals surface area contributed by atoms with Crippen molar-refractivity contribution >= 4 is 17.0 Å². The van der Waals surface area contributed by atoms with Gasteiger partial charge in [-0.2, -0.15) is 0 Å². The molecule has 0 fully saturated rings. The van der Waals surface area contributed by atoms with Gasteiger partial charge in [-0.15, -0.1) is 0 Å². The van der Waals surface area contributed by atoms with Gasteiger partial charge in [-0.3, -0.25) is 4.79 Å². The Morgan fingerprint density at radius 1 is 1.29 bits per heavy atom. The Hall–Kier alpha value is -2.56. The summed E-state index contributed by atoms with van der Waals surface area (Å²) in [7, 11) is 0. The molecule has 21 heavy (non-hydrogen) atoms. The maximum Gasteiger partial charge on any atom is 0.253 e. The number of aromatic amines is 1. The number of carbonyl (C=O) groups excluding carboxylic acids is 1. The molecule has 2 heterocycles. The van der Waals surface area contributed by atoms with E-state index in [1.54, 1.807) is 17.0 Å². The molecule has 0 bridgehead atoms. The lowest BCUT2D eigenvalue weighted by Gasteiger charge is -2.18. The molecule has 5 heteroatoms. The number of nitrogens with zero attached hydrogens (tertiary/aromatic N) is 2. The Kier molecular flexibility index (Phi) is 3.48. The second kappa shape index (κ2) is 5.44. The van der Waals surface area contributed by atoms with Crippen molar-refractivity contribution in [2.45, 2.75) is 13.8 Å². The molecule has 0 atom stereocenters. The smallest absolute Gasteiger partial charge is 0.253 e. The van der Waals surface area contributed by atoms with Crippen molar-refractivity contribution in [1.82, 2.24) is 14.9 Å². The summed E-state index contributed by atoms with van der Waals surface area (Å²) in [5.74, 6) is 0.544. The van der Waals surface area contributed by atoms with E-state index in [2.05, 4.69) is 9.97 Å². The molecule has 0 radical (unpaired) electrons. The molecule has 3 rings (SSSR count). The SMILES string of the molecule is CCN(CC)C(=O)c1ccc2nc(-c3ccc[nH]3)oc2c1. The molecule has 1 aromatic carbocycles. The highest BCUT2D eigenvalue weighted by Crippen LogP contribution is 2.24. The molecule has 108 valence electrons. The van der Waals surface area contributed by atoms with Crippen LogP contribution < -0.4 is 0 Å². The van der Waals surface area contributed by atoms with Crippen LogP contribution in [0.2, 0.25) is 0 Å². The second-order valence-corrected chi connectivity index (χ2v) is 4.76. The summed E-state index contributed by atoms with van der Waals surface area (Å²) in [6.45, 7) is 5.32. The Morgan fingerprint density at radius 2 is 2.10 bits per heavy atom. The maximum absolute atomic E-state index is 12.3. The first kappa shape index (κ1) is 13.4. The minimum absolute atomic E-state index is 0.0136. The lowest BCUT2D eigenvalue weighted by Crippen LogP contribution is -2.30. The summed E-state index contributed by atoms with van der Waals surface area (Å²) in [6.07, 6.45) is 1.82. The second-order valence-electron chi connectivity index (χ2n) is 4.76. The van der Waals surface area contributed by atoms with E-state index < -0.39 is 0 Å². The van der Waals surface area contributed by atoms with Gasteiger partial charge in [0.2, 0.25) is 5.89 Å². The number of hydrogen-bond acceptors (Lipinski definition) is 3. The maximum atomic E-state index is 12.3. The van der Waals surface area contributed by atoms with Crippen LogP contribution in [0.5, 0.6) is 0 Å². The summed E-state index contributed by atoms with van der Waals surface area (Å²) in [5, 5.41) is 0. The summed E-state index contributed by atoms with van der Waals surface area (Å²) < 4.78 is 5.74. The molecule has 0 aliphatic heterocycles. The molecule has 1 N–H and O–H groups in total. The van der Waals surface area contributed by atoms with E-state index in [1.807, 2.05) is 38.2 Å². The van der Waals surface area contributed by atoms with Crippen LogP contribution >= 0.6 is 0 Å². The Balaban J connectivity index is 1.99. The molecule has 0 aliphatic rings. The number of aromatic nitrogens is 2. The van der Waals surface area contributed by atoms with Crippen molar-refractivity contribution in [2.24, 2.45) is 0 Å². The number of carbonyl (C=O) groups is 1. The van der Waals surface area contributed by atoms with Gasteiger partial charge in [-0.25, -0.2) is 4.98 Å². The summed E-state index contributed by atoms with van der Waals surface area (Å²) in [6, 6.07) is 9.16. The van der Waals surface area contributed by atoms with Crippen molar-refractivity contribution in [3.63, 3.8) is 0 Å². The minimum atomic E-state index is 0.0136. The van der Waals surface area contributed by atoms with Gasteiger partial charge in [0.15, 0.2) is 5.58 Å². The number of benzene rings is 1. The van der Waals surface area contributed by atoms with Gasteiger partial charge in [-0.05, 0) is 44.2 Å². The molecule has 0 saturated carbocycles. The van der Waals surface area contributed by atoms with Crippen LogP contribution in [-0.4, -0.2) is 33.9 Å². The zero-order valence-corrected chi connectivity index (χ0v) is 12.1. The van der Waals surface area contributed by atoms with E-state index in [-0.39, 0.29) is 5.91 Å². The summed E-state index contributed by atoms with van der Waals surface area (Å²) in [4.78, 5) is 21.6. The van der Waals surface area contributed by atoms with Crippen molar-refractivity contribution in [3.05, 3.63) is 42.1 Å². The highest BCUT2D eigenvalue weighted by atomic mass is 16.3. The molecule has 0 unspecified atom stereocenters. The molecule has 5 nitrogen and oxygen atoms in total. The fourth-order valence-electron chi connectivity index (χ4n) is 2.33. The average molecular weight is 283 g/mol. The monoisotopic (exact) mass is 283 g/mol. The number of rotatable bonds is 4. The number of nitrogens with one attached hydrogen (secondary N) is 1. The van der Waals surface area contributed by atoms with Gasteiger partial charge in [0.05, 0.1) is 0 Å². The van der Waals surface area contributed by atoms with Gasteiger partial charge in [-0.1, -0.05) is 0 Å². The third-order valence-electron chi connectivity index (χ3n) is 3.51. The molecular weight excluding hydrogens is 266 g/mol. The third-order valence-corrected chi connectivity index (χ3v) is 3.51. The summed E-state index contributed by atoms with van der Waals surface area (Å²) >= 11 is 0. The van der Waals surface area contributed by atoms with Crippen LogP contribution in [0.25, 0.3) is 22.7 Å². The van der Waals surface area contributed by atoms with Gasteiger partial charge < -0.3 is 14.3 Å². The molecule has 3 aromatic rings. The molecule has 2 aromatic heterocycles. The van der Waals surface area contributed by atoms with Crippen molar-refractivity contribution in [2.75, 3.05) is 13.1 Å². The number of hydrogen-bond donors (Lipinski definition) is 1. The zero-order chi connectivity index (χ0) is 14.8. The van der Waals surface area contributed by atoms with Crippen molar-refractivity contribution in [1.29, 1.82) is 0 Å². The Labute approximate surface area is 122 Å². The van der Waals surface area contributed by atoms with Gasteiger partial charge in [0.1, 0.15) is 11.2 Å². The zero-order valence-electron chi connectivity index (χ0n) is 12.1. The van der Waals surface area contributed by atoms with Gasteiger partial charge >= 0.3 is 0 Å². The Morgan fingerprint density at radius 3 is 2.76 bits per heavy atom. The Bertz CT molecular complexity index is 755. The van der Waals surface area contributed by atoms with E-state index in [0.717, 1.165) is 11.2 Å². The normalized spacial score (nSPS) is 11.0. The average Bonchev–Trinajstić information content (AvgIpc) is 3.16. The van der Waals surface area contributed by atoms with Crippen LogP contribution in [0.4, 0.5) is 0 Å². The van der Waals surface area contributed by atoms with Crippen LogP contribution in [0.3, 0.4) is 0 Å². The van der Waals surface area contributed by atoms with Crippen LogP contribution in [0, 0.1) is 0 Å².